The Morgan fingerprint density at radius 3 is 2.04 bits per heavy atom. The summed E-state index contributed by atoms with van der Waals surface area (Å²) in [7, 11) is 0. The Balaban J connectivity index is 2.10. The maximum absolute atomic E-state index is 11.8. The van der Waals surface area contributed by atoms with Gasteiger partial charge in [0.2, 0.25) is 0 Å². The Bertz CT molecular complexity index is 597. The van der Waals surface area contributed by atoms with Crippen LogP contribution in [0.3, 0.4) is 0 Å². The van der Waals surface area contributed by atoms with Crippen LogP contribution < -0.4 is 5.32 Å². The number of hydrogen-bond acceptors (Lipinski definition) is 6. The van der Waals surface area contributed by atoms with Gasteiger partial charge >= 0.3 is 11.9 Å². The summed E-state index contributed by atoms with van der Waals surface area (Å²) in [5.74, 6) is -0.198. The van der Waals surface area contributed by atoms with Crippen molar-refractivity contribution >= 4 is 23.3 Å². The highest BCUT2D eigenvalue weighted by Crippen LogP contribution is 2.27. The van der Waals surface area contributed by atoms with E-state index in [1.165, 1.54) is 5.56 Å². The third kappa shape index (κ3) is 6.59. The number of aliphatic imine (C=N–C) groups is 1. The molecule has 0 saturated carbocycles. The number of esters is 2. The molecule has 1 heterocycles. The Hall–Kier alpha value is -2.21. The highest BCUT2D eigenvalue weighted by molar-refractivity contribution is 6.07. The van der Waals surface area contributed by atoms with E-state index in [2.05, 4.69) is 22.4 Å². The highest BCUT2D eigenvalue weighted by Gasteiger charge is 2.16. The van der Waals surface area contributed by atoms with E-state index < -0.39 is 0 Å². The fourth-order valence-corrected chi connectivity index (χ4v) is 3.06. The molecule has 1 saturated heterocycles. The number of rotatable bonds is 8. The number of nitrogens with one attached hydrogen (secondary N) is 1. The lowest BCUT2D eigenvalue weighted by Gasteiger charge is -2.22. The van der Waals surface area contributed by atoms with Gasteiger partial charge in [0.05, 0.1) is 31.7 Å². The van der Waals surface area contributed by atoms with Crippen LogP contribution in [0.15, 0.2) is 29.3 Å². The minimum Gasteiger partial charge on any atom is -0.466 e. The first kappa shape index (κ1) is 20.1. The molecule has 1 aliphatic heterocycles. The minimum atomic E-state index is -0.387. The van der Waals surface area contributed by atoms with Crippen molar-refractivity contribution in [1.82, 2.24) is 5.32 Å². The second-order valence-electron chi connectivity index (χ2n) is 6.26. The molecule has 0 atom stereocenters. The first-order valence-corrected chi connectivity index (χ1v) is 9.30. The highest BCUT2D eigenvalue weighted by atomic mass is 16.5. The zero-order valence-corrected chi connectivity index (χ0v) is 15.6. The SMILES string of the molecule is CCOC(=O)CC(CC(=O)OCC)=Nc1ccc(C2CCNCC2)cc1. The number of nitrogens with zero attached hydrogens (tertiary/aromatic N) is 1. The third-order valence-electron chi connectivity index (χ3n) is 4.30. The fourth-order valence-electron chi connectivity index (χ4n) is 3.06. The van der Waals surface area contributed by atoms with Gasteiger partial charge in [0.15, 0.2) is 0 Å². The average molecular weight is 360 g/mol. The van der Waals surface area contributed by atoms with Crippen molar-refractivity contribution < 1.29 is 19.1 Å². The van der Waals surface area contributed by atoms with E-state index in [1.807, 2.05) is 12.1 Å². The summed E-state index contributed by atoms with van der Waals surface area (Å²) in [6.07, 6.45) is 2.25. The summed E-state index contributed by atoms with van der Waals surface area (Å²) in [5.41, 5.74) is 2.49. The van der Waals surface area contributed by atoms with Gasteiger partial charge in [-0.2, -0.15) is 0 Å². The van der Waals surface area contributed by atoms with Crippen LogP contribution in [0.4, 0.5) is 5.69 Å². The zero-order chi connectivity index (χ0) is 18.8. The van der Waals surface area contributed by atoms with Crippen LogP contribution in [0.1, 0.15) is 51.0 Å². The lowest BCUT2D eigenvalue weighted by Crippen LogP contribution is -2.26. The molecule has 1 aliphatic rings. The van der Waals surface area contributed by atoms with E-state index in [4.69, 9.17) is 9.47 Å². The Morgan fingerprint density at radius 2 is 1.54 bits per heavy atom. The molecule has 0 amide bonds. The van der Waals surface area contributed by atoms with Crippen LogP contribution in [-0.4, -0.2) is 44.0 Å². The maximum atomic E-state index is 11.8. The Morgan fingerprint density at radius 1 is 1.00 bits per heavy atom. The maximum Gasteiger partial charge on any atom is 0.311 e. The molecule has 2 rings (SSSR count). The van der Waals surface area contributed by atoms with Gasteiger partial charge in [-0.15, -0.1) is 0 Å². The van der Waals surface area contributed by atoms with Gasteiger partial charge in [0.25, 0.3) is 0 Å². The molecule has 0 aromatic heterocycles. The summed E-state index contributed by atoms with van der Waals surface area (Å²) in [6.45, 7) is 6.20. The van der Waals surface area contributed by atoms with E-state index in [9.17, 15) is 9.59 Å². The molecule has 1 N–H and O–H groups in total. The third-order valence-corrected chi connectivity index (χ3v) is 4.30. The normalized spacial score (nSPS) is 14.5. The summed E-state index contributed by atoms with van der Waals surface area (Å²) in [4.78, 5) is 28.1. The largest absolute Gasteiger partial charge is 0.466 e. The number of carbonyl (C=O) groups excluding carboxylic acids is 2. The molecule has 142 valence electrons. The summed E-state index contributed by atoms with van der Waals surface area (Å²) >= 11 is 0. The number of piperidine rings is 1. The van der Waals surface area contributed by atoms with Gasteiger partial charge in [-0.25, -0.2) is 0 Å². The van der Waals surface area contributed by atoms with E-state index in [0.717, 1.165) is 31.6 Å². The first-order chi connectivity index (χ1) is 12.6. The first-order valence-electron chi connectivity index (χ1n) is 9.30. The standard InChI is InChI=1S/C20H28N2O4/c1-3-25-19(23)13-18(14-20(24)26-4-2)22-17-7-5-15(6-8-17)16-9-11-21-12-10-16/h5-8,16,21H,3-4,9-14H2,1-2H3. The van der Waals surface area contributed by atoms with Gasteiger partial charge in [-0.1, -0.05) is 12.1 Å². The van der Waals surface area contributed by atoms with E-state index in [0.29, 0.717) is 24.8 Å². The molecule has 1 aromatic rings. The van der Waals surface area contributed by atoms with Crippen molar-refractivity contribution in [3.8, 4) is 0 Å². The predicted octanol–water partition coefficient (Wildman–Crippen LogP) is 3.13. The second kappa shape index (κ2) is 10.7. The lowest BCUT2D eigenvalue weighted by molar-refractivity contribution is -0.141. The van der Waals surface area contributed by atoms with Crippen LogP contribution in [0.25, 0.3) is 0 Å². The van der Waals surface area contributed by atoms with E-state index in [-0.39, 0.29) is 24.8 Å². The predicted molar refractivity (Wildman–Crippen MR) is 101 cm³/mol. The Kier molecular flexibility index (Phi) is 8.28. The smallest absolute Gasteiger partial charge is 0.311 e. The van der Waals surface area contributed by atoms with Crippen LogP contribution in [0.2, 0.25) is 0 Å². The number of ether oxygens (including phenoxy) is 2. The van der Waals surface area contributed by atoms with Crippen molar-refractivity contribution in [2.45, 2.75) is 45.4 Å². The van der Waals surface area contributed by atoms with Gasteiger partial charge in [0, 0.05) is 5.71 Å². The summed E-state index contributed by atoms with van der Waals surface area (Å²) in [6, 6.07) is 8.05. The van der Waals surface area contributed by atoms with Gasteiger partial charge in [-0.3, -0.25) is 14.6 Å². The quantitative estimate of drug-likeness (QED) is 0.569. The lowest BCUT2D eigenvalue weighted by atomic mass is 9.90. The van der Waals surface area contributed by atoms with Gasteiger partial charge in [-0.05, 0) is 63.4 Å². The number of hydrogen-bond donors (Lipinski definition) is 1. The van der Waals surface area contributed by atoms with Crippen molar-refractivity contribution in [3.05, 3.63) is 29.8 Å². The van der Waals surface area contributed by atoms with Gasteiger partial charge < -0.3 is 14.8 Å². The average Bonchev–Trinajstić information content (AvgIpc) is 2.63. The molecule has 0 spiro atoms. The number of carbonyl (C=O) groups is 2. The molecule has 0 bridgehead atoms. The van der Waals surface area contributed by atoms with Crippen molar-refractivity contribution in [2.75, 3.05) is 26.3 Å². The topological polar surface area (TPSA) is 77.0 Å². The van der Waals surface area contributed by atoms with Crippen molar-refractivity contribution in [1.29, 1.82) is 0 Å². The summed E-state index contributed by atoms with van der Waals surface area (Å²) in [5, 5.41) is 3.37. The fraction of sp³-hybridized carbons (Fsp3) is 0.550. The van der Waals surface area contributed by atoms with Crippen molar-refractivity contribution in [3.63, 3.8) is 0 Å². The van der Waals surface area contributed by atoms with E-state index in [1.54, 1.807) is 13.8 Å². The van der Waals surface area contributed by atoms with Crippen LogP contribution in [-0.2, 0) is 19.1 Å². The molecule has 0 aliphatic carbocycles. The number of benzene rings is 1. The molecular weight excluding hydrogens is 332 g/mol. The van der Waals surface area contributed by atoms with Crippen LogP contribution in [0.5, 0.6) is 0 Å². The molecule has 0 unspecified atom stereocenters. The van der Waals surface area contributed by atoms with E-state index >= 15 is 0 Å². The van der Waals surface area contributed by atoms with Crippen LogP contribution >= 0.6 is 0 Å². The van der Waals surface area contributed by atoms with Crippen LogP contribution in [0, 0.1) is 0 Å². The monoisotopic (exact) mass is 360 g/mol. The molecule has 0 radical (unpaired) electrons. The second-order valence-corrected chi connectivity index (χ2v) is 6.26. The summed E-state index contributed by atoms with van der Waals surface area (Å²) < 4.78 is 9.94. The zero-order valence-electron chi connectivity index (χ0n) is 15.6. The molecule has 6 heteroatoms. The molecule has 26 heavy (non-hydrogen) atoms. The van der Waals surface area contributed by atoms with Crippen molar-refractivity contribution in [2.24, 2.45) is 4.99 Å². The molecule has 1 fully saturated rings. The molecular formula is C20H28N2O4. The minimum absolute atomic E-state index is 0.0112. The van der Waals surface area contributed by atoms with Gasteiger partial charge in [0.1, 0.15) is 0 Å². The Labute approximate surface area is 155 Å². The molecule has 1 aromatic carbocycles. The molecule has 6 nitrogen and oxygen atoms in total.